The molecule has 2 aromatic heterocycles. The van der Waals surface area contributed by atoms with Gasteiger partial charge in [0.05, 0.1) is 11.2 Å². The van der Waals surface area contributed by atoms with Crippen molar-refractivity contribution in [1.82, 2.24) is 19.9 Å². The molecule has 0 saturated heterocycles. The minimum atomic E-state index is -0.224. The Morgan fingerprint density at radius 1 is 1.00 bits per heavy atom. The molecular weight excluding hydrogens is 440 g/mol. The summed E-state index contributed by atoms with van der Waals surface area (Å²) in [7, 11) is 0. The van der Waals surface area contributed by atoms with Gasteiger partial charge in [-0.15, -0.1) is 0 Å². The van der Waals surface area contributed by atoms with Crippen molar-refractivity contribution in [2.75, 3.05) is 0 Å². The first-order chi connectivity index (χ1) is 14.6. The van der Waals surface area contributed by atoms with Crippen LogP contribution in [0.25, 0.3) is 28.2 Å². The van der Waals surface area contributed by atoms with Crippen LogP contribution in [0.1, 0.15) is 31.7 Å². The average Bonchev–Trinajstić information content (AvgIpc) is 3.10. The molecule has 0 aliphatic heterocycles. The smallest absolute Gasteiger partial charge is 0.217 e. The van der Waals surface area contributed by atoms with Crippen LogP contribution < -0.4 is 5.32 Å². The number of aromatic nitrogens is 3. The third-order valence-corrected chi connectivity index (χ3v) is 6.25. The maximum Gasteiger partial charge on any atom is 0.217 e. The van der Waals surface area contributed by atoms with E-state index in [1.165, 1.54) is 0 Å². The minimum absolute atomic E-state index is 0.0159. The lowest BCUT2D eigenvalue weighted by atomic mass is 9.71. The first kappa shape index (κ1) is 19.0. The Bertz CT molecular complexity index is 1230. The molecule has 2 aromatic carbocycles. The summed E-state index contributed by atoms with van der Waals surface area (Å²) >= 11 is 3.48. The van der Waals surface area contributed by atoms with E-state index in [-0.39, 0.29) is 11.4 Å². The molecule has 0 bridgehead atoms. The molecule has 5 rings (SSSR count). The van der Waals surface area contributed by atoms with Gasteiger partial charge in [0.2, 0.25) is 5.91 Å². The van der Waals surface area contributed by atoms with Crippen LogP contribution in [0.2, 0.25) is 0 Å². The fourth-order valence-electron chi connectivity index (χ4n) is 4.27. The van der Waals surface area contributed by atoms with Crippen LogP contribution in [0.3, 0.4) is 0 Å². The Kier molecular flexibility index (Phi) is 4.66. The first-order valence-corrected chi connectivity index (χ1v) is 10.9. The molecule has 150 valence electrons. The minimum Gasteiger partial charge on any atom is -0.347 e. The lowest BCUT2D eigenvalue weighted by Gasteiger charge is -2.43. The summed E-state index contributed by atoms with van der Waals surface area (Å²) in [5.74, 6) is 0.0159. The van der Waals surface area contributed by atoms with Gasteiger partial charge in [0.25, 0.3) is 0 Å². The number of nitrogens with zero attached hydrogens (tertiary/aromatic N) is 3. The Morgan fingerprint density at radius 3 is 2.37 bits per heavy atom. The van der Waals surface area contributed by atoms with Gasteiger partial charge in [-0.25, -0.2) is 9.50 Å². The summed E-state index contributed by atoms with van der Waals surface area (Å²) in [6.07, 6.45) is 3.09. The molecule has 6 heteroatoms. The number of nitrogens with one attached hydrogen (secondary N) is 1. The maximum absolute atomic E-state index is 11.7. The number of carbonyl (C=O) groups excluding carboxylic acids is 1. The van der Waals surface area contributed by atoms with E-state index in [1.54, 1.807) is 6.92 Å². The molecule has 1 N–H and O–H groups in total. The highest BCUT2D eigenvalue weighted by atomic mass is 79.9. The molecule has 4 aromatic rings. The van der Waals surface area contributed by atoms with E-state index >= 15 is 0 Å². The maximum atomic E-state index is 11.7. The lowest BCUT2D eigenvalue weighted by Crippen LogP contribution is -2.50. The van der Waals surface area contributed by atoms with Crippen molar-refractivity contribution in [1.29, 1.82) is 0 Å². The van der Waals surface area contributed by atoms with Gasteiger partial charge in [0.1, 0.15) is 10.3 Å². The van der Waals surface area contributed by atoms with E-state index in [2.05, 4.69) is 62.7 Å². The molecule has 30 heavy (non-hydrogen) atoms. The Morgan fingerprint density at radius 2 is 1.73 bits per heavy atom. The lowest BCUT2D eigenvalue weighted by molar-refractivity contribution is -0.122. The van der Waals surface area contributed by atoms with E-state index in [9.17, 15) is 4.79 Å². The number of carbonyl (C=O) groups is 1. The van der Waals surface area contributed by atoms with Crippen molar-refractivity contribution in [3.8, 4) is 22.5 Å². The molecule has 1 saturated carbocycles. The van der Waals surface area contributed by atoms with Gasteiger partial charge in [0, 0.05) is 18.1 Å². The molecule has 1 fully saturated rings. The van der Waals surface area contributed by atoms with Gasteiger partial charge in [-0.3, -0.25) is 4.79 Å². The zero-order valence-electron chi connectivity index (χ0n) is 16.6. The van der Waals surface area contributed by atoms with E-state index < -0.39 is 0 Å². The number of rotatable bonds is 4. The SMILES string of the molecule is CC(=O)NC1(c2ccc(-c3nc4ccc(Br)nn4c3-c3ccccc3)cc2)CCC1. The summed E-state index contributed by atoms with van der Waals surface area (Å²) in [6.45, 7) is 1.59. The second-order valence-electron chi connectivity index (χ2n) is 7.80. The van der Waals surface area contributed by atoms with Crippen LogP contribution >= 0.6 is 15.9 Å². The molecule has 1 amide bonds. The number of amides is 1. The normalized spacial score (nSPS) is 15.0. The highest BCUT2D eigenvalue weighted by Gasteiger charge is 2.39. The Hall–Kier alpha value is -2.99. The highest BCUT2D eigenvalue weighted by molar-refractivity contribution is 9.10. The average molecular weight is 461 g/mol. The van der Waals surface area contributed by atoms with E-state index in [1.807, 2.05) is 34.8 Å². The predicted molar refractivity (Wildman–Crippen MR) is 121 cm³/mol. The molecule has 0 atom stereocenters. The van der Waals surface area contributed by atoms with Crippen molar-refractivity contribution < 1.29 is 4.79 Å². The van der Waals surface area contributed by atoms with Crippen molar-refractivity contribution in [3.63, 3.8) is 0 Å². The molecular formula is C24H21BrN4O. The fourth-order valence-corrected chi connectivity index (χ4v) is 4.56. The summed E-state index contributed by atoms with van der Waals surface area (Å²) < 4.78 is 2.64. The summed E-state index contributed by atoms with van der Waals surface area (Å²) in [5, 5.41) is 7.79. The van der Waals surface area contributed by atoms with Gasteiger partial charge in [-0.1, -0.05) is 54.6 Å². The van der Waals surface area contributed by atoms with E-state index in [0.29, 0.717) is 0 Å². The third-order valence-electron chi connectivity index (χ3n) is 5.83. The van der Waals surface area contributed by atoms with Gasteiger partial charge >= 0.3 is 0 Å². The fraction of sp³-hybridized carbons (Fsp3) is 0.208. The van der Waals surface area contributed by atoms with Gasteiger partial charge < -0.3 is 5.32 Å². The first-order valence-electron chi connectivity index (χ1n) is 10.1. The Labute approximate surface area is 183 Å². The topological polar surface area (TPSA) is 59.3 Å². The second-order valence-corrected chi connectivity index (χ2v) is 8.61. The van der Waals surface area contributed by atoms with Crippen LogP contribution in [0.15, 0.2) is 71.3 Å². The quantitative estimate of drug-likeness (QED) is 0.446. The molecule has 1 aliphatic rings. The number of imidazole rings is 1. The summed E-state index contributed by atoms with van der Waals surface area (Å²) in [4.78, 5) is 16.6. The second kappa shape index (κ2) is 7.36. The van der Waals surface area contributed by atoms with Crippen molar-refractivity contribution >= 4 is 27.5 Å². The third kappa shape index (κ3) is 3.21. The standard InChI is InChI=1S/C24H21BrN4O/c1-16(30)27-24(14-5-15-24)19-10-8-17(9-11-19)22-23(18-6-3-2-4-7-18)29-21(26-22)13-12-20(25)28-29/h2-4,6-13H,5,14-15H2,1H3,(H,27,30). The van der Waals surface area contributed by atoms with Crippen LogP contribution in [0, 0.1) is 0 Å². The van der Waals surface area contributed by atoms with Crippen LogP contribution in [0.5, 0.6) is 0 Å². The van der Waals surface area contributed by atoms with Gasteiger partial charge in [-0.2, -0.15) is 5.10 Å². The van der Waals surface area contributed by atoms with Gasteiger partial charge in [-0.05, 0) is 52.9 Å². The number of hydrogen-bond acceptors (Lipinski definition) is 3. The number of halogens is 1. The van der Waals surface area contributed by atoms with Gasteiger partial charge in [0.15, 0.2) is 5.65 Å². The molecule has 2 heterocycles. The van der Waals surface area contributed by atoms with Crippen LogP contribution in [-0.2, 0) is 10.3 Å². The largest absolute Gasteiger partial charge is 0.347 e. The van der Waals surface area contributed by atoms with E-state index in [0.717, 1.165) is 57.6 Å². The number of hydrogen-bond donors (Lipinski definition) is 1. The van der Waals surface area contributed by atoms with Crippen molar-refractivity contribution in [2.24, 2.45) is 0 Å². The van der Waals surface area contributed by atoms with Crippen molar-refractivity contribution in [2.45, 2.75) is 31.7 Å². The molecule has 5 nitrogen and oxygen atoms in total. The zero-order chi connectivity index (χ0) is 20.7. The monoisotopic (exact) mass is 460 g/mol. The van der Waals surface area contributed by atoms with Crippen LogP contribution in [0.4, 0.5) is 0 Å². The number of benzene rings is 2. The summed E-state index contributed by atoms with van der Waals surface area (Å²) in [6, 6.07) is 22.5. The van der Waals surface area contributed by atoms with E-state index in [4.69, 9.17) is 4.98 Å². The van der Waals surface area contributed by atoms with Crippen molar-refractivity contribution in [3.05, 3.63) is 76.9 Å². The molecule has 0 unspecified atom stereocenters. The highest BCUT2D eigenvalue weighted by Crippen LogP contribution is 2.42. The molecule has 1 aliphatic carbocycles. The molecule has 0 spiro atoms. The zero-order valence-corrected chi connectivity index (χ0v) is 18.2. The number of fused-ring (bicyclic) bond motifs is 1. The Balaban J connectivity index is 1.62. The predicted octanol–water partition coefficient (Wildman–Crippen LogP) is 5.34. The summed E-state index contributed by atoms with van der Waals surface area (Å²) in [5.41, 5.74) is 5.65. The molecule has 0 radical (unpaired) electrons. The van der Waals surface area contributed by atoms with Crippen LogP contribution in [-0.4, -0.2) is 20.5 Å².